The third-order valence-corrected chi connectivity index (χ3v) is 5.20. The minimum Gasteiger partial charge on any atom is -0.394 e. The SMILES string of the molecule is CC(C)C[C@H](CO)Nc1nc(NS(C)=O)nc(SC(C)c2ccccc2)n1. The molecule has 1 heterocycles. The first-order valence-corrected chi connectivity index (χ1v) is 11.3. The van der Waals surface area contributed by atoms with Crippen LogP contribution in [0.1, 0.15) is 38.0 Å². The predicted molar refractivity (Wildman–Crippen MR) is 112 cm³/mol. The number of rotatable bonds is 10. The maximum absolute atomic E-state index is 11.5. The van der Waals surface area contributed by atoms with E-state index in [-0.39, 0.29) is 23.8 Å². The average Bonchev–Trinajstić information content (AvgIpc) is 2.60. The van der Waals surface area contributed by atoms with Gasteiger partial charge in [-0.05, 0) is 24.8 Å². The van der Waals surface area contributed by atoms with E-state index < -0.39 is 11.0 Å². The van der Waals surface area contributed by atoms with Gasteiger partial charge in [-0.3, -0.25) is 4.72 Å². The van der Waals surface area contributed by atoms with Gasteiger partial charge in [-0.25, -0.2) is 4.21 Å². The van der Waals surface area contributed by atoms with Crippen molar-refractivity contribution in [2.45, 2.75) is 43.6 Å². The first-order valence-electron chi connectivity index (χ1n) is 8.82. The molecule has 2 unspecified atom stereocenters. The molecule has 7 nitrogen and oxygen atoms in total. The Morgan fingerprint density at radius 2 is 1.78 bits per heavy atom. The molecule has 0 aliphatic carbocycles. The number of hydrogen-bond acceptors (Lipinski definition) is 7. The summed E-state index contributed by atoms with van der Waals surface area (Å²) < 4.78 is 14.3. The second-order valence-electron chi connectivity index (χ2n) is 6.65. The molecule has 1 aromatic carbocycles. The first kappa shape index (κ1) is 21.6. The lowest BCUT2D eigenvalue weighted by Crippen LogP contribution is -2.27. The molecule has 2 aromatic rings. The summed E-state index contributed by atoms with van der Waals surface area (Å²) in [6.45, 7) is 6.24. The van der Waals surface area contributed by atoms with E-state index in [1.54, 1.807) is 0 Å². The van der Waals surface area contributed by atoms with E-state index >= 15 is 0 Å². The summed E-state index contributed by atoms with van der Waals surface area (Å²) in [6, 6.07) is 9.94. The highest BCUT2D eigenvalue weighted by molar-refractivity contribution is 7.99. The molecule has 27 heavy (non-hydrogen) atoms. The molecule has 9 heteroatoms. The van der Waals surface area contributed by atoms with Gasteiger partial charge in [-0.1, -0.05) is 55.9 Å². The van der Waals surface area contributed by atoms with Crippen LogP contribution in [0.4, 0.5) is 11.9 Å². The highest BCUT2D eigenvalue weighted by atomic mass is 32.2. The lowest BCUT2D eigenvalue weighted by molar-refractivity contribution is 0.259. The molecular weight excluding hydrogens is 382 g/mol. The molecule has 0 aliphatic rings. The van der Waals surface area contributed by atoms with Gasteiger partial charge in [-0.15, -0.1) is 0 Å². The third-order valence-electron chi connectivity index (χ3n) is 3.71. The Morgan fingerprint density at radius 3 is 2.37 bits per heavy atom. The van der Waals surface area contributed by atoms with Gasteiger partial charge in [0.1, 0.15) is 11.0 Å². The summed E-state index contributed by atoms with van der Waals surface area (Å²) in [5.74, 6) is 1.03. The normalized spacial score (nSPS) is 14.6. The predicted octanol–water partition coefficient (Wildman–Crippen LogP) is 3.25. The van der Waals surface area contributed by atoms with Crippen molar-refractivity contribution >= 4 is 34.6 Å². The van der Waals surface area contributed by atoms with E-state index in [1.807, 2.05) is 18.2 Å². The minimum atomic E-state index is -1.29. The van der Waals surface area contributed by atoms with E-state index in [0.717, 1.165) is 6.42 Å². The van der Waals surface area contributed by atoms with Crippen LogP contribution in [0.15, 0.2) is 35.5 Å². The van der Waals surface area contributed by atoms with Gasteiger partial charge in [0.25, 0.3) is 0 Å². The Labute approximate surface area is 167 Å². The summed E-state index contributed by atoms with van der Waals surface area (Å²) in [6.07, 6.45) is 2.30. The van der Waals surface area contributed by atoms with Gasteiger partial charge in [0.2, 0.25) is 11.9 Å². The van der Waals surface area contributed by atoms with Crippen molar-refractivity contribution in [1.29, 1.82) is 0 Å². The molecule has 0 bridgehead atoms. The Balaban J connectivity index is 2.23. The fourth-order valence-corrected chi connectivity index (χ4v) is 3.77. The molecule has 0 saturated carbocycles. The van der Waals surface area contributed by atoms with Gasteiger partial charge >= 0.3 is 0 Å². The van der Waals surface area contributed by atoms with Crippen molar-refractivity contribution in [1.82, 2.24) is 15.0 Å². The summed E-state index contributed by atoms with van der Waals surface area (Å²) in [4.78, 5) is 13.1. The zero-order valence-electron chi connectivity index (χ0n) is 16.0. The molecule has 3 N–H and O–H groups in total. The monoisotopic (exact) mass is 409 g/mol. The standard InChI is InChI=1S/C18H27N5O2S2/c1-12(2)10-15(11-24)19-16-20-17(23-27(4)25)22-18(21-16)26-13(3)14-8-6-5-7-9-14/h5-9,12-13,15,24H,10-11H2,1-4H3,(H2,19,20,21,22,23)/t13?,15-,27?/m1/s1. The highest BCUT2D eigenvalue weighted by Gasteiger charge is 2.16. The Hall–Kier alpha value is -1.71. The van der Waals surface area contributed by atoms with Crippen molar-refractivity contribution in [3.8, 4) is 0 Å². The fourth-order valence-electron chi connectivity index (χ4n) is 2.53. The fraction of sp³-hybridized carbons (Fsp3) is 0.500. The minimum absolute atomic E-state index is 0.0186. The molecule has 0 aliphatic heterocycles. The van der Waals surface area contributed by atoms with Crippen LogP contribution in [0, 0.1) is 5.92 Å². The maximum atomic E-state index is 11.5. The summed E-state index contributed by atoms with van der Waals surface area (Å²) in [7, 11) is -1.29. The lowest BCUT2D eigenvalue weighted by Gasteiger charge is -2.19. The second-order valence-corrected chi connectivity index (χ2v) is 9.07. The molecule has 0 fully saturated rings. The zero-order chi connectivity index (χ0) is 19.8. The van der Waals surface area contributed by atoms with Crippen LogP contribution in [0.5, 0.6) is 0 Å². The first-order chi connectivity index (χ1) is 12.9. The number of aliphatic hydroxyl groups is 1. The van der Waals surface area contributed by atoms with Crippen LogP contribution in [0.2, 0.25) is 0 Å². The summed E-state index contributed by atoms with van der Waals surface area (Å²) in [5.41, 5.74) is 1.17. The van der Waals surface area contributed by atoms with Crippen LogP contribution >= 0.6 is 11.8 Å². The topological polar surface area (TPSA) is 100 Å². The highest BCUT2D eigenvalue weighted by Crippen LogP contribution is 2.33. The molecule has 0 radical (unpaired) electrons. The number of benzene rings is 1. The van der Waals surface area contributed by atoms with Gasteiger partial charge < -0.3 is 10.4 Å². The quantitative estimate of drug-likeness (QED) is 0.518. The maximum Gasteiger partial charge on any atom is 0.240 e. The Morgan fingerprint density at radius 1 is 1.11 bits per heavy atom. The van der Waals surface area contributed by atoms with E-state index in [9.17, 15) is 9.32 Å². The summed E-state index contributed by atoms with van der Waals surface area (Å²) in [5, 5.41) is 13.4. The Kier molecular flexibility index (Phi) is 8.46. The largest absolute Gasteiger partial charge is 0.394 e. The van der Waals surface area contributed by atoms with Crippen LogP contribution in [-0.4, -0.2) is 43.2 Å². The van der Waals surface area contributed by atoms with Gasteiger partial charge in [-0.2, -0.15) is 15.0 Å². The van der Waals surface area contributed by atoms with Gasteiger partial charge in [0.05, 0.1) is 12.6 Å². The number of thioether (sulfide) groups is 1. The van der Waals surface area contributed by atoms with Crippen LogP contribution < -0.4 is 10.0 Å². The number of anilines is 2. The van der Waals surface area contributed by atoms with E-state index in [2.05, 4.69) is 57.9 Å². The van der Waals surface area contributed by atoms with E-state index in [1.165, 1.54) is 23.6 Å². The second kappa shape index (κ2) is 10.6. The number of hydrogen-bond donors (Lipinski definition) is 3. The number of aromatic nitrogens is 3. The molecule has 0 spiro atoms. The number of aliphatic hydroxyl groups excluding tert-OH is 1. The van der Waals surface area contributed by atoms with Gasteiger partial charge in [0, 0.05) is 11.5 Å². The van der Waals surface area contributed by atoms with Crippen molar-refractivity contribution < 1.29 is 9.32 Å². The van der Waals surface area contributed by atoms with Crippen LogP contribution in [-0.2, 0) is 11.0 Å². The molecule has 2 rings (SSSR count). The van der Waals surface area contributed by atoms with Crippen molar-refractivity contribution in [3.05, 3.63) is 35.9 Å². The molecule has 3 atom stereocenters. The molecular formula is C18H27N5O2S2. The summed E-state index contributed by atoms with van der Waals surface area (Å²) >= 11 is 1.50. The van der Waals surface area contributed by atoms with E-state index in [4.69, 9.17) is 0 Å². The zero-order valence-corrected chi connectivity index (χ0v) is 17.7. The Bertz CT molecular complexity index is 746. The molecule has 148 valence electrons. The van der Waals surface area contributed by atoms with Crippen LogP contribution in [0.3, 0.4) is 0 Å². The molecule has 0 saturated heterocycles. The van der Waals surface area contributed by atoms with Crippen molar-refractivity contribution in [3.63, 3.8) is 0 Å². The van der Waals surface area contributed by atoms with Crippen molar-refractivity contribution in [2.75, 3.05) is 22.9 Å². The average molecular weight is 410 g/mol. The smallest absolute Gasteiger partial charge is 0.240 e. The third kappa shape index (κ3) is 7.43. The number of nitrogens with zero attached hydrogens (tertiary/aromatic N) is 3. The molecule has 0 amide bonds. The molecule has 1 aromatic heterocycles. The van der Waals surface area contributed by atoms with E-state index in [0.29, 0.717) is 17.0 Å². The van der Waals surface area contributed by atoms with Gasteiger partial charge in [0.15, 0.2) is 5.16 Å². The lowest BCUT2D eigenvalue weighted by atomic mass is 10.0. The van der Waals surface area contributed by atoms with Crippen LogP contribution in [0.25, 0.3) is 0 Å². The number of nitrogens with one attached hydrogen (secondary N) is 2. The van der Waals surface area contributed by atoms with Crippen molar-refractivity contribution in [2.24, 2.45) is 5.92 Å².